The first-order valence-electron chi connectivity index (χ1n) is 6.46. The number of fused-ring (bicyclic) bond motifs is 1. The highest BCUT2D eigenvalue weighted by molar-refractivity contribution is 7.94. The lowest BCUT2D eigenvalue weighted by Gasteiger charge is -2.34. The van der Waals surface area contributed by atoms with Crippen LogP contribution in [0.15, 0.2) is 23.4 Å². The van der Waals surface area contributed by atoms with E-state index in [1.807, 2.05) is 18.2 Å². The van der Waals surface area contributed by atoms with Gasteiger partial charge in [0.05, 0.1) is 11.0 Å². The fourth-order valence-corrected chi connectivity index (χ4v) is 2.90. The summed E-state index contributed by atoms with van der Waals surface area (Å²) >= 11 is 0. The normalized spacial score (nSPS) is 20.2. The number of aromatic nitrogens is 2. The van der Waals surface area contributed by atoms with Crippen molar-refractivity contribution in [3.63, 3.8) is 0 Å². The van der Waals surface area contributed by atoms with Gasteiger partial charge in [-0.25, -0.2) is 9.19 Å². The topological polar surface area (TPSA) is 72.5 Å². The third-order valence-corrected chi connectivity index (χ3v) is 4.41. The summed E-state index contributed by atoms with van der Waals surface area (Å²) in [6.07, 6.45) is 0. The molecule has 0 aliphatic carbocycles. The molecule has 1 unspecified atom stereocenters. The van der Waals surface area contributed by atoms with Crippen LogP contribution in [-0.4, -0.2) is 62.7 Å². The molecule has 1 fully saturated rings. The molecule has 2 N–H and O–H groups in total. The number of anilines is 1. The van der Waals surface area contributed by atoms with Crippen LogP contribution in [0.5, 0.6) is 0 Å². The molecule has 0 bridgehead atoms. The van der Waals surface area contributed by atoms with Crippen molar-refractivity contribution >= 4 is 32.4 Å². The van der Waals surface area contributed by atoms with Crippen molar-refractivity contribution in [2.75, 3.05) is 38.1 Å². The number of hydrogen-bond acceptors (Lipinski definition) is 4. The van der Waals surface area contributed by atoms with E-state index in [4.69, 9.17) is 0 Å². The zero-order valence-corrected chi connectivity index (χ0v) is 12.2. The lowest BCUT2D eigenvalue weighted by Crippen LogP contribution is -2.44. The summed E-state index contributed by atoms with van der Waals surface area (Å²) in [5.74, 6) is 3.23. The number of piperazine rings is 1. The van der Waals surface area contributed by atoms with Crippen LogP contribution in [0.1, 0.15) is 0 Å². The second-order valence-electron chi connectivity index (χ2n) is 5.17. The minimum atomic E-state index is -3.30. The van der Waals surface area contributed by atoms with Gasteiger partial charge in [0.25, 0.3) is 0 Å². The van der Waals surface area contributed by atoms with Gasteiger partial charge in [0.1, 0.15) is 9.80 Å². The van der Waals surface area contributed by atoms with Crippen LogP contribution < -0.4 is 4.90 Å². The van der Waals surface area contributed by atoms with Crippen molar-refractivity contribution in [3.05, 3.63) is 18.2 Å². The Morgan fingerprint density at radius 2 is 2.05 bits per heavy atom. The Morgan fingerprint density at radius 1 is 1.35 bits per heavy atom. The van der Waals surface area contributed by atoms with Crippen molar-refractivity contribution in [3.8, 4) is 0 Å². The molecule has 1 aliphatic heterocycles. The van der Waals surface area contributed by atoms with E-state index in [0.29, 0.717) is 5.52 Å². The maximum absolute atomic E-state index is 11.5. The van der Waals surface area contributed by atoms with Crippen molar-refractivity contribution in [1.29, 1.82) is 0 Å². The first-order chi connectivity index (χ1) is 9.43. The van der Waals surface area contributed by atoms with Gasteiger partial charge in [-0.1, -0.05) is 0 Å². The molecular formula is C13H18N4O2S. The van der Waals surface area contributed by atoms with Crippen LogP contribution in [0, 0.1) is 0 Å². The number of likely N-dealkylation sites (N-methyl/N-ethyl adjacent to an activating group) is 1. The van der Waals surface area contributed by atoms with Crippen LogP contribution in [0.4, 0.5) is 5.69 Å². The summed E-state index contributed by atoms with van der Waals surface area (Å²) in [4.78, 5) is 11.6. The summed E-state index contributed by atoms with van der Waals surface area (Å²) in [7, 11) is -1.18. The highest BCUT2D eigenvalue weighted by atomic mass is 32.2. The number of imidazole rings is 1. The quantitative estimate of drug-likeness (QED) is 0.804. The smallest absolute Gasteiger partial charge is 0.214 e. The second kappa shape index (κ2) is 4.76. The Bertz CT molecular complexity index is 730. The highest BCUT2D eigenvalue weighted by Gasteiger charge is 2.16. The van der Waals surface area contributed by atoms with Crippen molar-refractivity contribution in [1.82, 2.24) is 14.9 Å². The Hall–Kier alpha value is -1.57. The number of nitrogens with one attached hydrogen (secondary N) is 1. The third-order valence-electron chi connectivity index (χ3n) is 3.61. The molecule has 1 aromatic carbocycles. The Morgan fingerprint density at radius 3 is 2.70 bits per heavy atom. The first kappa shape index (κ1) is 13.4. The molecule has 7 heteroatoms. The van der Waals surface area contributed by atoms with Gasteiger partial charge in [-0.15, -0.1) is 0 Å². The van der Waals surface area contributed by atoms with Crippen molar-refractivity contribution < 1.29 is 8.76 Å². The average Bonchev–Trinajstić information content (AvgIpc) is 2.82. The van der Waals surface area contributed by atoms with Gasteiger partial charge in [0.2, 0.25) is 5.16 Å². The SMILES string of the molecule is C=S(=O)(O)c1nc2ccc(N3CCN(C)CC3)cc2[nH]1. The van der Waals surface area contributed by atoms with Crippen LogP contribution in [0.3, 0.4) is 0 Å². The monoisotopic (exact) mass is 294 g/mol. The zero-order chi connectivity index (χ0) is 14.3. The Labute approximate surface area is 118 Å². The van der Waals surface area contributed by atoms with E-state index in [1.54, 1.807) is 0 Å². The van der Waals surface area contributed by atoms with E-state index < -0.39 is 9.80 Å². The maximum Gasteiger partial charge on any atom is 0.214 e. The molecule has 0 amide bonds. The average molecular weight is 294 g/mol. The number of benzene rings is 1. The largest absolute Gasteiger partial charge is 0.369 e. The molecule has 0 spiro atoms. The van der Waals surface area contributed by atoms with Gasteiger partial charge < -0.3 is 19.3 Å². The van der Waals surface area contributed by atoms with Crippen LogP contribution in [0.25, 0.3) is 11.0 Å². The molecule has 1 aliphatic rings. The van der Waals surface area contributed by atoms with Crippen LogP contribution >= 0.6 is 0 Å². The van der Waals surface area contributed by atoms with Gasteiger partial charge in [-0.3, -0.25) is 0 Å². The summed E-state index contributed by atoms with van der Waals surface area (Å²) in [5, 5.41) is 0.0306. The lowest BCUT2D eigenvalue weighted by atomic mass is 10.2. The van der Waals surface area contributed by atoms with E-state index in [1.165, 1.54) is 0 Å². The van der Waals surface area contributed by atoms with Gasteiger partial charge in [0, 0.05) is 31.9 Å². The summed E-state index contributed by atoms with van der Waals surface area (Å²) in [6, 6.07) is 5.84. The Kier molecular flexibility index (Phi) is 3.19. The van der Waals surface area contributed by atoms with Crippen LogP contribution in [-0.2, 0) is 9.80 Å². The molecule has 0 radical (unpaired) electrons. The summed E-state index contributed by atoms with van der Waals surface area (Å²) in [5.41, 5.74) is 2.56. The zero-order valence-electron chi connectivity index (χ0n) is 11.4. The molecule has 1 saturated heterocycles. The summed E-state index contributed by atoms with van der Waals surface area (Å²) in [6.45, 7) is 4.04. The number of nitrogens with zero attached hydrogens (tertiary/aromatic N) is 3. The predicted octanol–water partition coefficient (Wildman–Crippen LogP) is 0.863. The molecule has 2 heterocycles. The van der Waals surface area contributed by atoms with E-state index >= 15 is 0 Å². The van der Waals surface area contributed by atoms with E-state index in [2.05, 4.69) is 32.7 Å². The molecule has 1 atom stereocenters. The van der Waals surface area contributed by atoms with E-state index in [9.17, 15) is 8.76 Å². The number of rotatable bonds is 2. The standard InChI is InChI=1S/C13H18N4O2S/c1-16-5-7-17(8-6-16)10-3-4-11-12(9-10)15-13(14-11)20(2,18)19/h3-4,9H,2,5-8H2,1H3,(H,14,15)(H,18,19). The molecule has 2 aromatic rings. The minimum Gasteiger partial charge on any atom is -0.369 e. The third kappa shape index (κ3) is 2.52. The van der Waals surface area contributed by atoms with Gasteiger partial charge >= 0.3 is 0 Å². The van der Waals surface area contributed by atoms with E-state index in [-0.39, 0.29) is 5.16 Å². The first-order valence-corrected chi connectivity index (χ1v) is 8.15. The lowest BCUT2D eigenvalue weighted by molar-refractivity contribution is 0.313. The second-order valence-corrected chi connectivity index (χ2v) is 6.84. The van der Waals surface area contributed by atoms with Gasteiger partial charge in [-0.2, -0.15) is 0 Å². The molecule has 3 rings (SSSR count). The fourth-order valence-electron chi connectivity index (χ4n) is 2.39. The number of aromatic amines is 1. The maximum atomic E-state index is 11.5. The number of H-pyrrole nitrogens is 1. The van der Waals surface area contributed by atoms with Crippen molar-refractivity contribution in [2.24, 2.45) is 0 Å². The van der Waals surface area contributed by atoms with Gasteiger partial charge in [-0.05, 0) is 31.1 Å². The molecule has 1 aromatic heterocycles. The fraction of sp³-hybridized carbons (Fsp3) is 0.385. The minimum absolute atomic E-state index is 0.0306. The highest BCUT2D eigenvalue weighted by Crippen LogP contribution is 2.22. The van der Waals surface area contributed by atoms with Crippen molar-refractivity contribution in [2.45, 2.75) is 5.16 Å². The molecule has 20 heavy (non-hydrogen) atoms. The number of hydrogen-bond donors (Lipinski definition) is 2. The molecular weight excluding hydrogens is 276 g/mol. The molecule has 108 valence electrons. The summed E-state index contributed by atoms with van der Waals surface area (Å²) < 4.78 is 21.0. The predicted molar refractivity (Wildman–Crippen MR) is 82.0 cm³/mol. The Balaban J connectivity index is 1.94. The van der Waals surface area contributed by atoms with Crippen LogP contribution in [0.2, 0.25) is 0 Å². The van der Waals surface area contributed by atoms with Gasteiger partial charge in [0.15, 0.2) is 0 Å². The molecule has 0 saturated carbocycles. The molecule has 6 nitrogen and oxygen atoms in total. The van der Waals surface area contributed by atoms with E-state index in [0.717, 1.165) is 37.4 Å².